The molecule has 0 fully saturated rings. The Balaban J connectivity index is 1.57. The third kappa shape index (κ3) is 5.87. The van der Waals surface area contributed by atoms with Crippen LogP contribution in [0.3, 0.4) is 0 Å². The molecule has 2 heterocycles. The Kier molecular flexibility index (Phi) is 7.89. The molecule has 0 unspecified atom stereocenters. The maximum absolute atomic E-state index is 12.0. The number of carbonyl (C=O) groups is 2. The van der Waals surface area contributed by atoms with Gasteiger partial charge in [-0.3, -0.25) is 14.9 Å². The highest BCUT2D eigenvalue weighted by Gasteiger charge is 2.17. The van der Waals surface area contributed by atoms with E-state index in [2.05, 4.69) is 15.7 Å². The second-order valence-electron chi connectivity index (χ2n) is 8.56. The summed E-state index contributed by atoms with van der Waals surface area (Å²) < 4.78 is 8.61. The number of esters is 1. The summed E-state index contributed by atoms with van der Waals surface area (Å²) in [6.07, 6.45) is 3.71. The molecule has 0 atom stereocenters. The van der Waals surface area contributed by atoms with E-state index >= 15 is 0 Å². The smallest absolute Gasteiger partial charge is 0.337 e. The minimum Gasteiger partial charge on any atom is -0.465 e. The van der Waals surface area contributed by atoms with E-state index in [1.54, 1.807) is 18.2 Å². The summed E-state index contributed by atoms with van der Waals surface area (Å²) in [7, 11) is 1.33. The molecule has 2 aromatic heterocycles. The summed E-state index contributed by atoms with van der Waals surface area (Å²) in [5.74, 6) is 0.135. The third-order valence-electron chi connectivity index (χ3n) is 5.95. The number of fused-ring (bicyclic) bond motifs is 1. The standard InChI is InChI=1S/C26H28N8O5/c1-4-33-23(13-16(2)31-33)30-26-29-20-14-18(25(36)39-3)8-10-21(20)32(26)12-6-5-11-28-19-9-7-17(24(27)35)15-22(19)34(37)38/h5-10,13-15,28H,4,11-12H2,1-3H3,(H2,27,35)(H,29,30)/b6-5+. The summed E-state index contributed by atoms with van der Waals surface area (Å²) in [6, 6.07) is 11.1. The lowest BCUT2D eigenvalue weighted by molar-refractivity contribution is -0.384. The summed E-state index contributed by atoms with van der Waals surface area (Å²) in [4.78, 5) is 39.0. The number of amides is 1. The van der Waals surface area contributed by atoms with Gasteiger partial charge in [0.15, 0.2) is 0 Å². The van der Waals surface area contributed by atoms with Gasteiger partial charge in [0.1, 0.15) is 11.5 Å². The van der Waals surface area contributed by atoms with Crippen molar-refractivity contribution in [1.29, 1.82) is 0 Å². The molecule has 13 nitrogen and oxygen atoms in total. The Hall–Kier alpha value is -5.20. The van der Waals surface area contributed by atoms with Gasteiger partial charge in [-0.05, 0) is 44.2 Å². The number of primary amides is 1. The van der Waals surface area contributed by atoms with Gasteiger partial charge in [0, 0.05) is 37.3 Å². The first kappa shape index (κ1) is 26.9. The first-order valence-electron chi connectivity index (χ1n) is 12.1. The lowest BCUT2D eigenvalue weighted by Gasteiger charge is -2.10. The van der Waals surface area contributed by atoms with Gasteiger partial charge in [-0.15, -0.1) is 0 Å². The number of aromatic nitrogens is 4. The number of methoxy groups -OCH3 is 1. The van der Waals surface area contributed by atoms with Crippen molar-refractivity contribution in [2.45, 2.75) is 26.9 Å². The molecule has 202 valence electrons. The number of imidazole rings is 1. The van der Waals surface area contributed by atoms with Gasteiger partial charge in [0.25, 0.3) is 5.69 Å². The van der Waals surface area contributed by atoms with Crippen molar-refractivity contribution >= 4 is 46.1 Å². The number of anilines is 3. The molecular weight excluding hydrogens is 504 g/mol. The number of nitro benzene ring substituents is 1. The molecule has 39 heavy (non-hydrogen) atoms. The average molecular weight is 533 g/mol. The Bertz CT molecular complexity index is 1590. The van der Waals surface area contributed by atoms with E-state index in [9.17, 15) is 19.7 Å². The number of nitrogens with zero attached hydrogens (tertiary/aromatic N) is 5. The molecule has 0 aliphatic carbocycles. The number of aryl methyl sites for hydroxylation is 2. The van der Waals surface area contributed by atoms with Crippen molar-refractivity contribution < 1.29 is 19.2 Å². The normalized spacial score (nSPS) is 11.2. The van der Waals surface area contributed by atoms with Crippen LogP contribution in [-0.4, -0.2) is 49.8 Å². The number of nitrogens with one attached hydrogen (secondary N) is 2. The number of nitrogens with two attached hydrogens (primary N) is 1. The number of allylic oxidation sites excluding steroid dienone is 1. The van der Waals surface area contributed by atoms with Crippen LogP contribution < -0.4 is 16.4 Å². The minimum absolute atomic E-state index is 0.0600. The first-order chi connectivity index (χ1) is 18.7. The largest absolute Gasteiger partial charge is 0.465 e. The Morgan fingerprint density at radius 1 is 1.15 bits per heavy atom. The molecule has 0 radical (unpaired) electrons. The third-order valence-corrected chi connectivity index (χ3v) is 5.95. The van der Waals surface area contributed by atoms with Gasteiger partial charge < -0.3 is 25.7 Å². The van der Waals surface area contributed by atoms with Gasteiger partial charge in [-0.2, -0.15) is 5.10 Å². The molecule has 0 aliphatic heterocycles. The van der Waals surface area contributed by atoms with Crippen LogP contribution in [0.4, 0.5) is 23.1 Å². The molecule has 0 saturated carbocycles. The predicted molar refractivity (Wildman–Crippen MR) is 146 cm³/mol. The zero-order chi connectivity index (χ0) is 28.1. The van der Waals surface area contributed by atoms with Crippen molar-refractivity contribution in [3.8, 4) is 0 Å². The van der Waals surface area contributed by atoms with Gasteiger partial charge in [0.05, 0.1) is 34.3 Å². The van der Waals surface area contributed by atoms with Crippen LogP contribution in [0.5, 0.6) is 0 Å². The number of nitro groups is 1. The second kappa shape index (κ2) is 11.5. The van der Waals surface area contributed by atoms with Crippen LogP contribution in [0.2, 0.25) is 0 Å². The molecule has 0 spiro atoms. The van der Waals surface area contributed by atoms with E-state index in [0.717, 1.165) is 23.1 Å². The highest BCUT2D eigenvalue weighted by Crippen LogP contribution is 2.26. The lowest BCUT2D eigenvalue weighted by Crippen LogP contribution is -2.12. The van der Waals surface area contributed by atoms with Gasteiger partial charge in [0.2, 0.25) is 11.9 Å². The summed E-state index contributed by atoms with van der Waals surface area (Å²) in [6.45, 7) is 5.27. The number of carbonyl (C=O) groups excluding carboxylic acids is 2. The number of rotatable bonds is 11. The Labute approximate surface area is 223 Å². The van der Waals surface area contributed by atoms with Crippen molar-refractivity contribution in [2.24, 2.45) is 5.73 Å². The van der Waals surface area contributed by atoms with Crippen LogP contribution in [-0.2, 0) is 17.8 Å². The molecule has 4 rings (SSSR count). The lowest BCUT2D eigenvalue weighted by atomic mass is 10.1. The fraction of sp³-hybridized carbons (Fsp3) is 0.231. The monoisotopic (exact) mass is 532 g/mol. The van der Waals surface area contributed by atoms with Crippen molar-refractivity contribution in [1.82, 2.24) is 19.3 Å². The number of hydrogen-bond acceptors (Lipinski definition) is 9. The highest BCUT2D eigenvalue weighted by atomic mass is 16.6. The minimum atomic E-state index is -0.739. The van der Waals surface area contributed by atoms with Gasteiger partial charge in [-0.1, -0.05) is 12.2 Å². The molecule has 2 aromatic carbocycles. The van der Waals surface area contributed by atoms with Crippen LogP contribution in [0.15, 0.2) is 54.6 Å². The molecular formula is C26H28N8O5. The van der Waals surface area contributed by atoms with Gasteiger partial charge >= 0.3 is 5.97 Å². The highest BCUT2D eigenvalue weighted by molar-refractivity contribution is 5.95. The molecule has 13 heteroatoms. The SMILES string of the molecule is CCn1nc(C)cc1Nc1nc2cc(C(=O)OC)ccc2n1C/C=C/CNc1ccc(C(N)=O)cc1[N+](=O)[O-]. The number of ether oxygens (including phenoxy) is 1. The Morgan fingerprint density at radius 3 is 2.62 bits per heavy atom. The van der Waals surface area contributed by atoms with E-state index < -0.39 is 16.8 Å². The van der Waals surface area contributed by atoms with E-state index in [4.69, 9.17) is 15.5 Å². The molecule has 0 saturated heterocycles. The summed E-state index contributed by atoms with van der Waals surface area (Å²) >= 11 is 0. The van der Waals surface area contributed by atoms with E-state index in [1.165, 1.54) is 19.2 Å². The fourth-order valence-corrected chi connectivity index (χ4v) is 4.07. The van der Waals surface area contributed by atoms with E-state index in [0.29, 0.717) is 36.7 Å². The van der Waals surface area contributed by atoms with Crippen LogP contribution in [0.1, 0.15) is 33.3 Å². The molecule has 4 N–H and O–H groups in total. The second-order valence-corrected chi connectivity index (χ2v) is 8.56. The van der Waals surface area contributed by atoms with Crippen LogP contribution >= 0.6 is 0 Å². The van der Waals surface area contributed by atoms with Crippen LogP contribution in [0, 0.1) is 17.0 Å². The number of hydrogen-bond donors (Lipinski definition) is 3. The van der Waals surface area contributed by atoms with Crippen LogP contribution in [0.25, 0.3) is 11.0 Å². The maximum Gasteiger partial charge on any atom is 0.337 e. The molecule has 1 amide bonds. The summed E-state index contributed by atoms with van der Waals surface area (Å²) in [5, 5.41) is 22.2. The quantitative estimate of drug-likeness (QED) is 0.112. The van der Waals surface area contributed by atoms with Gasteiger partial charge in [-0.25, -0.2) is 14.5 Å². The van der Waals surface area contributed by atoms with E-state index in [-0.39, 0.29) is 16.9 Å². The fourth-order valence-electron chi connectivity index (χ4n) is 4.07. The molecule has 0 aliphatic rings. The zero-order valence-corrected chi connectivity index (χ0v) is 21.7. The van der Waals surface area contributed by atoms with Crippen molar-refractivity contribution in [3.05, 3.63) is 81.6 Å². The first-order valence-corrected chi connectivity index (χ1v) is 12.1. The summed E-state index contributed by atoms with van der Waals surface area (Å²) in [5.41, 5.74) is 7.97. The van der Waals surface area contributed by atoms with Crippen molar-refractivity contribution in [3.63, 3.8) is 0 Å². The molecule has 0 bridgehead atoms. The van der Waals surface area contributed by atoms with Crippen molar-refractivity contribution in [2.75, 3.05) is 24.3 Å². The zero-order valence-electron chi connectivity index (χ0n) is 21.7. The van der Waals surface area contributed by atoms with E-state index in [1.807, 2.05) is 41.3 Å². The average Bonchev–Trinajstić information content (AvgIpc) is 3.45. The maximum atomic E-state index is 12.0. The Morgan fingerprint density at radius 2 is 1.92 bits per heavy atom. The predicted octanol–water partition coefficient (Wildman–Crippen LogP) is 3.77. The topological polar surface area (TPSA) is 172 Å². The molecule has 4 aromatic rings. The number of benzene rings is 2.